The number of aliphatic hydroxyl groups is 1. The van der Waals surface area contributed by atoms with Gasteiger partial charge in [-0.25, -0.2) is 4.72 Å². The number of thiophene rings is 1. The molecule has 0 radical (unpaired) electrons. The van der Waals surface area contributed by atoms with Crippen LogP contribution in [-0.2, 0) is 16.8 Å². The summed E-state index contributed by atoms with van der Waals surface area (Å²) in [5.74, 6) is 5.76. The van der Waals surface area contributed by atoms with Crippen molar-refractivity contribution in [3.8, 4) is 11.8 Å². The lowest BCUT2D eigenvalue weighted by Gasteiger charge is -2.16. The quantitative estimate of drug-likeness (QED) is 0.763. The van der Waals surface area contributed by atoms with Gasteiger partial charge in [-0.05, 0) is 17.0 Å². The third-order valence-corrected chi connectivity index (χ3v) is 4.74. The number of hydrogen-bond acceptors (Lipinski definition) is 4. The highest BCUT2D eigenvalue weighted by molar-refractivity contribution is 7.87. The maximum atomic E-state index is 11.7. The van der Waals surface area contributed by atoms with Crippen LogP contribution in [0.25, 0.3) is 0 Å². The van der Waals surface area contributed by atoms with Crippen LogP contribution in [0.4, 0.5) is 0 Å². The number of hydrogen-bond donors (Lipinski definition) is 2. The molecule has 0 unspecified atom stereocenters. The Morgan fingerprint density at radius 3 is 2.89 bits per heavy atom. The Bertz CT molecular complexity index is 555. The second kappa shape index (κ2) is 7.62. The minimum atomic E-state index is -3.40. The molecule has 0 aromatic carbocycles. The van der Waals surface area contributed by atoms with Gasteiger partial charge in [-0.2, -0.15) is 12.7 Å². The predicted octanol–water partition coefficient (Wildman–Crippen LogP) is 0.768. The van der Waals surface area contributed by atoms with Gasteiger partial charge in [0, 0.05) is 26.6 Å². The fourth-order valence-corrected chi connectivity index (χ4v) is 3.04. The van der Waals surface area contributed by atoms with E-state index in [9.17, 15) is 8.42 Å². The predicted molar refractivity (Wildman–Crippen MR) is 77.0 cm³/mol. The highest BCUT2D eigenvalue weighted by atomic mass is 32.2. The van der Waals surface area contributed by atoms with E-state index in [1.807, 2.05) is 11.4 Å². The second-order valence-corrected chi connectivity index (χ2v) is 6.63. The molecule has 19 heavy (non-hydrogen) atoms. The fraction of sp³-hybridized carbons (Fsp3) is 0.500. The highest BCUT2D eigenvalue weighted by Gasteiger charge is 2.16. The molecule has 1 heterocycles. The minimum absolute atomic E-state index is 0.0505. The van der Waals surface area contributed by atoms with E-state index >= 15 is 0 Å². The summed E-state index contributed by atoms with van der Waals surface area (Å²) >= 11 is 1.47. The van der Waals surface area contributed by atoms with Crippen LogP contribution in [0.5, 0.6) is 0 Å². The van der Waals surface area contributed by atoms with E-state index in [1.165, 1.54) is 22.7 Å². The summed E-state index contributed by atoms with van der Waals surface area (Å²) < 4.78 is 27.1. The Labute approximate surface area is 118 Å². The van der Waals surface area contributed by atoms with Crippen molar-refractivity contribution in [2.75, 3.05) is 20.2 Å². The highest BCUT2D eigenvalue weighted by Crippen LogP contribution is 2.15. The molecule has 0 amide bonds. The van der Waals surface area contributed by atoms with Gasteiger partial charge in [-0.3, -0.25) is 0 Å². The van der Waals surface area contributed by atoms with E-state index in [0.717, 1.165) is 10.4 Å². The first-order chi connectivity index (χ1) is 8.99. The molecule has 1 aromatic heterocycles. The van der Waals surface area contributed by atoms with Crippen molar-refractivity contribution in [2.45, 2.75) is 19.9 Å². The third kappa shape index (κ3) is 5.30. The van der Waals surface area contributed by atoms with E-state index in [1.54, 1.807) is 6.92 Å². The average Bonchev–Trinajstić information content (AvgIpc) is 2.77. The lowest BCUT2D eigenvalue weighted by molar-refractivity contribution is 0.305. The maximum absolute atomic E-state index is 11.7. The van der Waals surface area contributed by atoms with Crippen molar-refractivity contribution >= 4 is 21.5 Å². The molecule has 0 aliphatic carbocycles. The fourth-order valence-electron chi connectivity index (χ4n) is 1.36. The molecule has 0 fully saturated rings. The molecule has 2 N–H and O–H groups in total. The van der Waals surface area contributed by atoms with E-state index < -0.39 is 10.2 Å². The van der Waals surface area contributed by atoms with Crippen LogP contribution in [0.15, 0.2) is 11.4 Å². The van der Waals surface area contributed by atoms with Gasteiger partial charge in [0.1, 0.15) is 0 Å². The molecule has 1 aromatic rings. The van der Waals surface area contributed by atoms with Crippen LogP contribution in [0.1, 0.15) is 23.8 Å². The molecule has 106 valence electrons. The Hall–Kier alpha value is -0.910. The van der Waals surface area contributed by atoms with Crippen LogP contribution < -0.4 is 4.72 Å². The molecule has 0 saturated carbocycles. The number of nitrogens with one attached hydrogen (secondary N) is 1. The van der Waals surface area contributed by atoms with E-state index in [4.69, 9.17) is 5.11 Å². The monoisotopic (exact) mass is 302 g/mol. The molecule has 0 atom stereocenters. The first-order valence-corrected chi connectivity index (χ1v) is 8.19. The summed E-state index contributed by atoms with van der Waals surface area (Å²) in [7, 11) is -1.87. The molecular formula is C12H18N2O3S2. The van der Waals surface area contributed by atoms with Gasteiger partial charge in [0.15, 0.2) is 0 Å². The molecule has 0 aliphatic rings. The zero-order valence-electron chi connectivity index (χ0n) is 11.0. The Balaban J connectivity index is 2.67. The molecule has 5 nitrogen and oxygen atoms in total. The van der Waals surface area contributed by atoms with Crippen LogP contribution in [0.2, 0.25) is 0 Å². The Morgan fingerprint density at radius 1 is 1.53 bits per heavy atom. The average molecular weight is 302 g/mol. The smallest absolute Gasteiger partial charge is 0.279 e. The van der Waals surface area contributed by atoms with Gasteiger partial charge < -0.3 is 5.11 Å². The number of rotatable bonds is 6. The van der Waals surface area contributed by atoms with Gasteiger partial charge >= 0.3 is 0 Å². The molecule has 0 bridgehead atoms. The van der Waals surface area contributed by atoms with Crippen LogP contribution in [0, 0.1) is 11.8 Å². The van der Waals surface area contributed by atoms with Crippen molar-refractivity contribution in [1.82, 2.24) is 9.03 Å². The zero-order chi connectivity index (χ0) is 14.3. The normalized spacial score (nSPS) is 11.4. The Kier molecular flexibility index (Phi) is 6.48. The SMILES string of the molecule is CCNS(=O)(=O)N(C)Cc1csc(C#CCCO)c1. The zero-order valence-corrected chi connectivity index (χ0v) is 12.6. The van der Waals surface area contributed by atoms with Gasteiger partial charge in [0.25, 0.3) is 10.2 Å². The van der Waals surface area contributed by atoms with Crippen LogP contribution >= 0.6 is 11.3 Å². The van der Waals surface area contributed by atoms with Crippen molar-refractivity contribution in [3.63, 3.8) is 0 Å². The van der Waals surface area contributed by atoms with Gasteiger partial charge in [0.05, 0.1) is 11.5 Å². The summed E-state index contributed by atoms with van der Waals surface area (Å²) in [6, 6.07) is 1.87. The number of aliphatic hydroxyl groups excluding tert-OH is 1. The topological polar surface area (TPSA) is 69.6 Å². The summed E-state index contributed by atoms with van der Waals surface area (Å²) in [4.78, 5) is 0.873. The summed E-state index contributed by atoms with van der Waals surface area (Å²) in [5.41, 5.74) is 0.905. The molecule has 7 heteroatoms. The lowest BCUT2D eigenvalue weighted by atomic mass is 10.3. The summed E-state index contributed by atoms with van der Waals surface area (Å²) in [6.07, 6.45) is 0.446. The largest absolute Gasteiger partial charge is 0.395 e. The van der Waals surface area contributed by atoms with Crippen molar-refractivity contribution in [1.29, 1.82) is 0 Å². The first kappa shape index (κ1) is 16.1. The van der Waals surface area contributed by atoms with E-state index in [0.29, 0.717) is 19.5 Å². The number of nitrogens with zero attached hydrogens (tertiary/aromatic N) is 1. The van der Waals surface area contributed by atoms with E-state index in [2.05, 4.69) is 16.6 Å². The van der Waals surface area contributed by atoms with Crippen LogP contribution in [0.3, 0.4) is 0 Å². The van der Waals surface area contributed by atoms with Crippen LogP contribution in [-0.4, -0.2) is 38.0 Å². The standard InChI is InChI=1S/C12H18N2O3S2/c1-3-13-19(16,17)14(2)9-11-8-12(18-10-11)6-4-5-7-15/h8,10,13,15H,3,5,7,9H2,1-2H3. The van der Waals surface area contributed by atoms with Crippen molar-refractivity contribution in [3.05, 3.63) is 21.9 Å². The van der Waals surface area contributed by atoms with Gasteiger partial charge in [0.2, 0.25) is 0 Å². The van der Waals surface area contributed by atoms with Gasteiger partial charge in [-0.15, -0.1) is 11.3 Å². The molecule has 0 spiro atoms. The van der Waals surface area contributed by atoms with E-state index in [-0.39, 0.29) is 6.61 Å². The molecule has 0 saturated heterocycles. The van der Waals surface area contributed by atoms with Crippen molar-refractivity contribution in [2.24, 2.45) is 0 Å². The Morgan fingerprint density at radius 2 is 2.26 bits per heavy atom. The van der Waals surface area contributed by atoms with Gasteiger partial charge in [-0.1, -0.05) is 18.8 Å². The summed E-state index contributed by atoms with van der Waals surface area (Å²) in [5, 5.41) is 10.5. The minimum Gasteiger partial charge on any atom is -0.395 e. The molecular weight excluding hydrogens is 284 g/mol. The maximum Gasteiger partial charge on any atom is 0.279 e. The summed E-state index contributed by atoms with van der Waals surface area (Å²) in [6.45, 7) is 2.47. The first-order valence-electron chi connectivity index (χ1n) is 5.87. The third-order valence-electron chi connectivity index (χ3n) is 2.24. The molecule has 1 rings (SSSR count). The second-order valence-electron chi connectivity index (χ2n) is 3.85. The lowest BCUT2D eigenvalue weighted by Crippen LogP contribution is -2.37. The van der Waals surface area contributed by atoms with Crippen molar-refractivity contribution < 1.29 is 13.5 Å². The molecule has 0 aliphatic heterocycles.